The van der Waals surface area contributed by atoms with Crippen LogP contribution >= 0.6 is 22.9 Å². The largest absolute Gasteiger partial charge is 0.497 e. The molecule has 0 aliphatic heterocycles. The van der Waals surface area contributed by atoms with Gasteiger partial charge in [0.15, 0.2) is 0 Å². The first-order chi connectivity index (χ1) is 13.4. The zero-order chi connectivity index (χ0) is 20.3. The minimum absolute atomic E-state index is 0.112. The van der Waals surface area contributed by atoms with Gasteiger partial charge in [0.25, 0.3) is 11.8 Å². The third kappa shape index (κ3) is 4.29. The van der Waals surface area contributed by atoms with E-state index < -0.39 is 0 Å². The SMILES string of the molecule is CCC(C)NC(=O)c1ccc(NC(=O)c2sc3cc(OC)ccc3c2Cl)cc1. The maximum Gasteiger partial charge on any atom is 0.267 e. The fourth-order valence-electron chi connectivity index (χ4n) is 2.62. The topological polar surface area (TPSA) is 67.4 Å². The van der Waals surface area contributed by atoms with Crippen molar-refractivity contribution >= 4 is 50.5 Å². The Labute approximate surface area is 172 Å². The summed E-state index contributed by atoms with van der Waals surface area (Å²) >= 11 is 7.71. The van der Waals surface area contributed by atoms with Crippen LogP contribution < -0.4 is 15.4 Å². The van der Waals surface area contributed by atoms with Gasteiger partial charge < -0.3 is 15.4 Å². The second kappa shape index (κ2) is 8.63. The summed E-state index contributed by atoms with van der Waals surface area (Å²) in [5.41, 5.74) is 1.14. The molecule has 0 saturated carbocycles. The van der Waals surface area contributed by atoms with Gasteiger partial charge in [0, 0.05) is 27.4 Å². The van der Waals surface area contributed by atoms with E-state index in [1.165, 1.54) is 11.3 Å². The van der Waals surface area contributed by atoms with Crippen molar-refractivity contribution in [3.05, 3.63) is 57.9 Å². The summed E-state index contributed by atoms with van der Waals surface area (Å²) in [4.78, 5) is 25.2. The predicted molar refractivity (Wildman–Crippen MR) is 115 cm³/mol. The number of benzene rings is 2. The Morgan fingerprint density at radius 1 is 1.14 bits per heavy atom. The van der Waals surface area contributed by atoms with Crippen LogP contribution in [0.2, 0.25) is 5.02 Å². The highest BCUT2D eigenvalue weighted by molar-refractivity contribution is 7.21. The van der Waals surface area contributed by atoms with Gasteiger partial charge in [0.05, 0.1) is 12.1 Å². The molecule has 1 atom stereocenters. The molecule has 3 aromatic rings. The normalized spacial score (nSPS) is 11.9. The van der Waals surface area contributed by atoms with Crippen molar-refractivity contribution in [2.75, 3.05) is 12.4 Å². The molecule has 0 aliphatic carbocycles. The lowest BCUT2D eigenvalue weighted by Crippen LogP contribution is -2.31. The van der Waals surface area contributed by atoms with Gasteiger partial charge in [-0.1, -0.05) is 18.5 Å². The molecular formula is C21H21ClN2O3S. The number of amides is 2. The lowest BCUT2D eigenvalue weighted by Gasteiger charge is -2.11. The molecule has 0 aliphatic rings. The maximum atomic E-state index is 12.7. The molecule has 2 N–H and O–H groups in total. The second-order valence-electron chi connectivity index (χ2n) is 6.42. The van der Waals surface area contributed by atoms with Crippen molar-refractivity contribution < 1.29 is 14.3 Å². The van der Waals surface area contributed by atoms with Crippen LogP contribution in [-0.4, -0.2) is 25.0 Å². The smallest absolute Gasteiger partial charge is 0.267 e. The molecule has 1 aromatic heterocycles. The molecule has 0 radical (unpaired) electrons. The quantitative estimate of drug-likeness (QED) is 0.569. The van der Waals surface area contributed by atoms with Gasteiger partial charge in [-0.15, -0.1) is 11.3 Å². The Morgan fingerprint density at radius 3 is 2.50 bits per heavy atom. The highest BCUT2D eigenvalue weighted by Crippen LogP contribution is 2.37. The van der Waals surface area contributed by atoms with Gasteiger partial charge in [-0.2, -0.15) is 0 Å². The summed E-state index contributed by atoms with van der Waals surface area (Å²) in [6.45, 7) is 3.97. The predicted octanol–water partition coefficient (Wildman–Crippen LogP) is 5.34. The third-order valence-electron chi connectivity index (χ3n) is 4.44. The van der Waals surface area contributed by atoms with Gasteiger partial charge in [0.1, 0.15) is 10.6 Å². The maximum absolute atomic E-state index is 12.7. The fourth-order valence-corrected chi connectivity index (χ4v) is 4.06. The summed E-state index contributed by atoms with van der Waals surface area (Å²) in [7, 11) is 1.59. The van der Waals surface area contributed by atoms with Gasteiger partial charge in [-0.25, -0.2) is 0 Å². The van der Waals surface area contributed by atoms with E-state index in [-0.39, 0.29) is 17.9 Å². The first-order valence-corrected chi connectivity index (χ1v) is 10.1. The fraction of sp³-hybridized carbons (Fsp3) is 0.238. The van der Waals surface area contributed by atoms with Gasteiger partial charge in [-0.05, 0) is 55.8 Å². The highest BCUT2D eigenvalue weighted by Gasteiger charge is 2.18. The first kappa shape index (κ1) is 20.2. The number of carbonyl (C=O) groups excluding carboxylic acids is 2. The number of thiophene rings is 1. The van der Waals surface area contributed by atoms with Crippen molar-refractivity contribution in [2.45, 2.75) is 26.3 Å². The molecular weight excluding hydrogens is 396 g/mol. The van der Waals surface area contributed by atoms with E-state index in [0.29, 0.717) is 26.9 Å². The molecule has 3 rings (SSSR count). The lowest BCUT2D eigenvalue weighted by molar-refractivity contribution is 0.0938. The molecule has 0 fully saturated rings. The van der Waals surface area contributed by atoms with Crippen molar-refractivity contribution in [3.63, 3.8) is 0 Å². The average molecular weight is 417 g/mol. The third-order valence-corrected chi connectivity index (χ3v) is 6.09. The van der Waals surface area contributed by atoms with E-state index in [4.69, 9.17) is 16.3 Å². The number of rotatable bonds is 6. The van der Waals surface area contributed by atoms with Crippen LogP contribution in [0.3, 0.4) is 0 Å². The molecule has 7 heteroatoms. The molecule has 0 saturated heterocycles. The van der Waals surface area contributed by atoms with Crippen molar-refractivity contribution in [2.24, 2.45) is 0 Å². The van der Waals surface area contributed by atoms with E-state index in [0.717, 1.165) is 16.5 Å². The number of hydrogen-bond acceptors (Lipinski definition) is 4. The van der Waals surface area contributed by atoms with E-state index in [2.05, 4.69) is 10.6 Å². The zero-order valence-electron chi connectivity index (χ0n) is 15.8. The Morgan fingerprint density at radius 2 is 1.86 bits per heavy atom. The van der Waals surface area contributed by atoms with Crippen LogP contribution in [0.15, 0.2) is 42.5 Å². The van der Waals surface area contributed by atoms with Crippen LogP contribution in [0.4, 0.5) is 5.69 Å². The standard InChI is InChI=1S/C21H21ClN2O3S/c1-4-12(2)23-20(25)13-5-7-14(8-6-13)24-21(26)19-18(22)16-10-9-15(27-3)11-17(16)28-19/h5-12H,4H2,1-3H3,(H,23,25)(H,24,26). The summed E-state index contributed by atoms with van der Waals surface area (Å²) in [6.07, 6.45) is 0.863. The molecule has 2 aromatic carbocycles. The Balaban J connectivity index is 1.75. The molecule has 5 nitrogen and oxygen atoms in total. The van der Waals surface area contributed by atoms with Gasteiger partial charge >= 0.3 is 0 Å². The number of methoxy groups -OCH3 is 1. The number of fused-ring (bicyclic) bond motifs is 1. The summed E-state index contributed by atoms with van der Waals surface area (Å²) in [6, 6.07) is 12.4. The van der Waals surface area contributed by atoms with Crippen LogP contribution in [-0.2, 0) is 0 Å². The molecule has 1 heterocycles. The van der Waals surface area contributed by atoms with Crippen LogP contribution in [0, 0.1) is 0 Å². The molecule has 1 unspecified atom stereocenters. The summed E-state index contributed by atoms with van der Waals surface area (Å²) < 4.78 is 6.10. The van der Waals surface area contributed by atoms with E-state index in [9.17, 15) is 9.59 Å². The van der Waals surface area contributed by atoms with Gasteiger partial charge in [-0.3, -0.25) is 9.59 Å². The van der Waals surface area contributed by atoms with E-state index in [1.807, 2.05) is 32.0 Å². The Hall–Kier alpha value is -2.57. The van der Waals surface area contributed by atoms with Crippen LogP contribution in [0.5, 0.6) is 5.75 Å². The van der Waals surface area contributed by atoms with Crippen molar-refractivity contribution in [1.29, 1.82) is 0 Å². The number of carbonyl (C=O) groups is 2. The highest BCUT2D eigenvalue weighted by atomic mass is 35.5. The van der Waals surface area contributed by atoms with Crippen molar-refractivity contribution in [1.82, 2.24) is 5.32 Å². The van der Waals surface area contributed by atoms with E-state index >= 15 is 0 Å². The number of halogens is 1. The molecule has 2 amide bonds. The minimum atomic E-state index is -0.290. The Bertz CT molecular complexity index is 1010. The van der Waals surface area contributed by atoms with Gasteiger partial charge in [0.2, 0.25) is 0 Å². The molecule has 28 heavy (non-hydrogen) atoms. The summed E-state index contributed by atoms with van der Waals surface area (Å²) in [5.74, 6) is 0.291. The Kier molecular flexibility index (Phi) is 6.21. The second-order valence-corrected chi connectivity index (χ2v) is 7.85. The van der Waals surface area contributed by atoms with Crippen LogP contribution in [0.1, 0.15) is 40.3 Å². The lowest BCUT2D eigenvalue weighted by atomic mass is 10.1. The number of hydrogen-bond donors (Lipinski definition) is 2. The molecule has 146 valence electrons. The first-order valence-electron chi connectivity index (χ1n) is 8.91. The number of anilines is 1. The molecule has 0 bridgehead atoms. The average Bonchev–Trinajstić information content (AvgIpc) is 3.04. The van der Waals surface area contributed by atoms with Crippen LogP contribution in [0.25, 0.3) is 10.1 Å². The number of nitrogens with one attached hydrogen (secondary N) is 2. The minimum Gasteiger partial charge on any atom is -0.497 e. The monoisotopic (exact) mass is 416 g/mol. The number of ether oxygens (including phenoxy) is 1. The zero-order valence-corrected chi connectivity index (χ0v) is 17.4. The van der Waals surface area contributed by atoms with Crippen molar-refractivity contribution in [3.8, 4) is 5.75 Å². The van der Waals surface area contributed by atoms with E-state index in [1.54, 1.807) is 31.4 Å². The summed E-state index contributed by atoms with van der Waals surface area (Å²) in [5, 5.41) is 6.98. The molecule has 0 spiro atoms.